The predicted octanol–water partition coefficient (Wildman–Crippen LogP) is 2.69. The van der Waals surface area contributed by atoms with Crippen molar-refractivity contribution in [2.75, 3.05) is 26.6 Å². The molecule has 3 rings (SSSR count). The molecule has 1 heterocycles. The molecule has 0 atom stereocenters. The molecule has 0 amide bonds. The van der Waals surface area contributed by atoms with Crippen molar-refractivity contribution in [2.45, 2.75) is 19.3 Å². The first-order chi connectivity index (χ1) is 10.3. The zero-order valence-electron chi connectivity index (χ0n) is 12.6. The number of aromatic nitrogens is 2. The number of hydrogen-bond acceptors (Lipinski definition) is 5. The first-order valence-corrected chi connectivity index (χ1v) is 7.06. The minimum atomic E-state index is 0.685. The maximum atomic E-state index is 5.35. The minimum absolute atomic E-state index is 0.685. The lowest BCUT2D eigenvalue weighted by molar-refractivity contribution is 0.355. The molecule has 1 N–H and O–H groups in total. The number of methoxy groups -OCH3 is 2. The zero-order chi connectivity index (χ0) is 14.8. The first-order valence-electron chi connectivity index (χ1n) is 7.06. The Labute approximate surface area is 124 Å². The molecular weight excluding hydrogens is 266 g/mol. The van der Waals surface area contributed by atoms with E-state index in [1.807, 2.05) is 25.2 Å². The fourth-order valence-corrected chi connectivity index (χ4v) is 2.74. The highest BCUT2D eigenvalue weighted by molar-refractivity contribution is 5.64. The number of ether oxygens (including phenoxy) is 2. The quantitative estimate of drug-likeness (QED) is 0.936. The summed E-state index contributed by atoms with van der Waals surface area (Å²) in [7, 11) is 5.16. The van der Waals surface area contributed by atoms with Crippen LogP contribution in [0.25, 0.3) is 11.4 Å². The van der Waals surface area contributed by atoms with Gasteiger partial charge in [-0.05, 0) is 37.5 Å². The fourth-order valence-electron chi connectivity index (χ4n) is 2.74. The number of nitrogens with zero attached hydrogens (tertiary/aromatic N) is 2. The highest BCUT2D eigenvalue weighted by atomic mass is 16.5. The lowest BCUT2D eigenvalue weighted by Gasteiger charge is -2.12. The Morgan fingerprint density at radius 1 is 1.05 bits per heavy atom. The van der Waals surface area contributed by atoms with Crippen LogP contribution in [0.4, 0.5) is 5.82 Å². The summed E-state index contributed by atoms with van der Waals surface area (Å²) in [5.74, 6) is 3.05. The summed E-state index contributed by atoms with van der Waals surface area (Å²) < 4.78 is 10.6. The van der Waals surface area contributed by atoms with Crippen LogP contribution in [-0.4, -0.2) is 31.2 Å². The molecule has 0 radical (unpaired) electrons. The highest BCUT2D eigenvalue weighted by Gasteiger charge is 2.19. The van der Waals surface area contributed by atoms with E-state index >= 15 is 0 Å². The van der Waals surface area contributed by atoms with Gasteiger partial charge in [0, 0.05) is 23.9 Å². The van der Waals surface area contributed by atoms with E-state index in [0.717, 1.165) is 42.2 Å². The number of aryl methyl sites for hydroxylation is 1. The van der Waals surface area contributed by atoms with Crippen LogP contribution in [0.5, 0.6) is 11.5 Å². The molecule has 0 unspecified atom stereocenters. The van der Waals surface area contributed by atoms with Crippen LogP contribution in [0.1, 0.15) is 17.7 Å². The summed E-state index contributed by atoms with van der Waals surface area (Å²) >= 11 is 0. The Bertz CT molecular complexity index is 671. The van der Waals surface area contributed by atoms with Crippen LogP contribution < -0.4 is 14.8 Å². The third-order valence-corrected chi connectivity index (χ3v) is 3.81. The standard InChI is InChI=1S/C16H19N3O2/c1-17-16-11-5-4-6-12(11)18-15(19-16)10-7-8-13(20-2)14(9-10)21-3/h7-9H,4-6H2,1-3H3,(H,17,18,19). The first kappa shape index (κ1) is 13.7. The Morgan fingerprint density at radius 2 is 1.86 bits per heavy atom. The van der Waals surface area contributed by atoms with Crippen molar-refractivity contribution in [3.63, 3.8) is 0 Å². The largest absolute Gasteiger partial charge is 0.493 e. The molecule has 0 saturated carbocycles. The number of benzene rings is 1. The average Bonchev–Trinajstić information content (AvgIpc) is 3.01. The molecule has 0 spiro atoms. The van der Waals surface area contributed by atoms with Gasteiger partial charge >= 0.3 is 0 Å². The molecule has 21 heavy (non-hydrogen) atoms. The van der Waals surface area contributed by atoms with Crippen molar-refractivity contribution >= 4 is 5.82 Å². The monoisotopic (exact) mass is 285 g/mol. The van der Waals surface area contributed by atoms with Gasteiger partial charge in [0.05, 0.1) is 14.2 Å². The van der Waals surface area contributed by atoms with E-state index in [1.165, 1.54) is 5.56 Å². The molecule has 0 bridgehead atoms. The maximum absolute atomic E-state index is 5.35. The third-order valence-electron chi connectivity index (χ3n) is 3.81. The summed E-state index contributed by atoms with van der Waals surface area (Å²) in [5.41, 5.74) is 3.33. The molecule has 1 aliphatic carbocycles. The molecule has 5 heteroatoms. The number of rotatable bonds is 4. The van der Waals surface area contributed by atoms with Crippen LogP contribution in [0.3, 0.4) is 0 Å². The summed E-state index contributed by atoms with van der Waals surface area (Å²) in [6, 6.07) is 5.75. The van der Waals surface area contributed by atoms with E-state index in [9.17, 15) is 0 Å². The van der Waals surface area contributed by atoms with Crippen molar-refractivity contribution in [3.05, 3.63) is 29.5 Å². The number of hydrogen-bond donors (Lipinski definition) is 1. The summed E-state index contributed by atoms with van der Waals surface area (Å²) in [4.78, 5) is 9.36. The Hall–Kier alpha value is -2.30. The van der Waals surface area contributed by atoms with Gasteiger partial charge in [0.25, 0.3) is 0 Å². The van der Waals surface area contributed by atoms with Crippen LogP contribution >= 0.6 is 0 Å². The lowest BCUT2D eigenvalue weighted by atomic mass is 10.1. The van der Waals surface area contributed by atoms with E-state index in [1.54, 1.807) is 14.2 Å². The molecular formula is C16H19N3O2. The van der Waals surface area contributed by atoms with Gasteiger partial charge in [-0.3, -0.25) is 0 Å². The molecule has 1 aliphatic rings. The van der Waals surface area contributed by atoms with Gasteiger partial charge in [0.2, 0.25) is 0 Å². The van der Waals surface area contributed by atoms with Crippen LogP contribution in [0.15, 0.2) is 18.2 Å². The normalized spacial score (nSPS) is 12.9. The van der Waals surface area contributed by atoms with E-state index in [0.29, 0.717) is 11.5 Å². The Morgan fingerprint density at radius 3 is 2.57 bits per heavy atom. The van der Waals surface area contributed by atoms with Crippen LogP contribution in [0.2, 0.25) is 0 Å². The van der Waals surface area contributed by atoms with Crippen LogP contribution in [-0.2, 0) is 12.8 Å². The topological polar surface area (TPSA) is 56.3 Å². The molecule has 5 nitrogen and oxygen atoms in total. The van der Waals surface area contributed by atoms with Gasteiger partial charge in [-0.1, -0.05) is 0 Å². The van der Waals surface area contributed by atoms with E-state index in [2.05, 4.69) is 10.3 Å². The molecule has 0 aliphatic heterocycles. The molecule has 1 aromatic heterocycles. The molecule has 0 saturated heterocycles. The van der Waals surface area contributed by atoms with Gasteiger partial charge in [-0.15, -0.1) is 0 Å². The van der Waals surface area contributed by atoms with Crippen molar-refractivity contribution in [1.29, 1.82) is 0 Å². The molecule has 110 valence electrons. The SMILES string of the molecule is CNc1nc(-c2ccc(OC)c(OC)c2)nc2c1CCC2. The Balaban J connectivity index is 2.08. The van der Waals surface area contributed by atoms with Crippen molar-refractivity contribution in [2.24, 2.45) is 0 Å². The third kappa shape index (κ3) is 2.39. The summed E-state index contributed by atoms with van der Waals surface area (Å²) in [6.45, 7) is 0. The molecule has 0 fully saturated rings. The average molecular weight is 285 g/mol. The summed E-state index contributed by atoms with van der Waals surface area (Å²) in [5, 5.41) is 3.18. The van der Waals surface area contributed by atoms with Gasteiger partial charge < -0.3 is 14.8 Å². The van der Waals surface area contributed by atoms with Crippen molar-refractivity contribution < 1.29 is 9.47 Å². The number of nitrogens with one attached hydrogen (secondary N) is 1. The molecule has 1 aromatic carbocycles. The van der Waals surface area contributed by atoms with Crippen molar-refractivity contribution in [1.82, 2.24) is 9.97 Å². The second kappa shape index (κ2) is 5.60. The predicted molar refractivity (Wildman–Crippen MR) is 82.1 cm³/mol. The summed E-state index contributed by atoms with van der Waals surface area (Å²) in [6.07, 6.45) is 3.22. The fraction of sp³-hybridized carbons (Fsp3) is 0.375. The van der Waals surface area contributed by atoms with Crippen molar-refractivity contribution in [3.8, 4) is 22.9 Å². The minimum Gasteiger partial charge on any atom is -0.493 e. The van der Waals surface area contributed by atoms with Gasteiger partial charge in [0.15, 0.2) is 17.3 Å². The zero-order valence-corrected chi connectivity index (χ0v) is 12.6. The Kier molecular flexibility index (Phi) is 3.64. The second-order valence-electron chi connectivity index (χ2n) is 4.99. The maximum Gasteiger partial charge on any atom is 0.161 e. The number of fused-ring (bicyclic) bond motifs is 1. The smallest absolute Gasteiger partial charge is 0.161 e. The van der Waals surface area contributed by atoms with Crippen LogP contribution in [0, 0.1) is 0 Å². The lowest BCUT2D eigenvalue weighted by Crippen LogP contribution is -2.03. The molecule has 2 aromatic rings. The van der Waals surface area contributed by atoms with Gasteiger partial charge in [-0.2, -0.15) is 0 Å². The van der Waals surface area contributed by atoms with E-state index in [-0.39, 0.29) is 0 Å². The number of anilines is 1. The van der Waals surface area contributed by atoms with E-state index in [4.69, 9.17) is 14.5 Å². The second-order valence-corrected chi connectivity index (χ2v) is 4.99. The van der Waals surface area contributed by atoms with Gasteiger partial charge in [0.1, 0.15) is 5.82 Å². The highest BCUT2D eigenvalue weighted by Crippen LogP contribution is 2.33. The van der Waals surface area contributed by atoms with Gasteiger partial charge in [-0.25, -0.2) is 9.97 Å². The van der Waals surface area contributed by atoms with E-state index < -0.39 is 0 Å².